The van der Waals surface area contributed by atoms with Crippen LogP contribution in [0, 0.1) is 0 Å². The topological polar surface area (TPSA) is 75.5 Å². The number of pyridine rings is 2. The normalized spacial score (nSPS) is 9.76. The minimum absolute atomic E-state index is 0.00829. The molecule has 2 N–H and O–H groups in total. The second-order valence-corrected chi connectivity index (χ2v) is 6.03. The molecule has 0 radical (unpaired) electrons. The Kier molecular flexibility index (Phi) is 8.28. The molecule has 0 bridgehead atoms. The fourth-order valence-electron chi connectivity index (χ4n) is 1.07. The molecule has 0 saturated heterocycles. The van der Waals surface area contributed by atoms with Crippen molar-refractivity contribution in [1.29, 1.82) is 0 Å². The van der Waals surface area contributed by atoms with E-state index in [0.29, 0.717) is 15.4 Å². The zero-order valence-corrected chi connectivity index (χ0v) is 15.1. The Labute approximate surface area is 148 Å². The molecule has 2 rings (SSSR count). The second-order valence-electron chi connectivity index (χ2n) is 3.48. The highest BCUT2D eigenvalue weighted by Gasteiger charge is 2.02. The van der Waals surface area contributed by atoms with Gasteiger partial charge in [0.15, 0.2) is 21.8 Å². The van der Waals surface area contributed by atoms with Crippen LogP contribution < -0.4 is 4.74 Å². The first-order chi connectivity index (χ1) is 9.93. The van der Waals surface area contributed by atoms with E-state index in [1.807, 2.05) is 0 Å². The first-order valence-electron chi connectivity index (χ1n) is 5.48. The Morgan fingerprint density at radius 2 is 1.62 bits per heavy atom. The van der Waals surface area contributed by atoms with Gasteiger partial charge in [-0.25, -0.2) is 9.97 Å². The number of nitrogens with zero attached hydrogens (tertiary/aromatic N) is 2. The molecule has 9 heteroatoms. The van der Waals surface area contributed by atoms with Gasteiger partial charge in [0.2, 0.25) is 0 Å². The van der Waals surface area contributed by atoms with Gasteiger partial charge in [0.25, 0.3) is 0 Å². The van der Waals surface area contributed by atoms with E-state index in [0.717, 1.165) is 4.47 Å². The first kappa shape index (κ1) is 18.4. The summed E-state index contributed by atoms with van der Waals surface area (Å²) in [6.45, 7) is 0.181. The van der Waals surface area contributed by atoms with Gasteiger partial charge in [-0.15, -0.1) is 0 Å². The maximum Gasteiger partial charge on any atom is 0.171 e. The van der Waals surface area contributed by atoms with Crippen LogP contribution in [0.25, 0.3) is 0 Å². The van der Waals surface area contributed by atoms with Crippen LogP contribution in [-0.2, 0) is 0 Å². The molecule has 2 aromatic heterocycles. The van der Waals surface area contributed by atoms with Gasteiger partial charge in [0.1, 0.15) is 6.61 Å². The standard InChI is InChI=1S/C7H7BrClNO2.C5H3BrClNO/c8-5-3-6(12-2-1-11)7(9)10-4-5;6-3-1-4(9)5(7)8-2-3/h3-4,11H,1-2H2;1-2,9H. The first-order valence-corrected chi connectivity index (χ1v) is 7.83. The third-order valence-corrected chi connectivity index (χ3v) is 3.35. The summed E-state index contributed by atoms with van der Waals surface area (Å²) < 4.78 is 6.60. The van der Waals surface area contributed by atoms with Crippen LogP contribution in [0.5, 0.6) is 11.5 Å². The molecule has 0 spiro atoms. The van der Waals surface area contributed by atoms with E-state index in [1.54, 1.807) is 12.3 Å². The van der Waals surface area contributed by atoms with Crippen molar-refractivity contribution in [2.45, 2.75) is 0 Å². The van der Waals surface area contributed by atoms with Gasteiger partial charge in [-0.05, 0) is 44.0 Å². The lowest BCUT2D eigenvalue weighted by molar-refractivity contribution is 0.201. The average molecular weight is 461 g/mol. The van der Waals surface area contributed by atoms with Gasteiger partial charge in [-0.3, -0.25) is 0 Å². The molecule has 0 saturated carbocycles. The number of hydrogen-bond acceptors (Lipinski definition) is 5. The fourth-order valence-corrected chi connectivity index (χ4v) is 1.96. The van der Waals surface area contributed by atoms with Crippen LogP contribution in [-0.4, -0.2) is 33.4 Å². The zero-order valence-electron chi connectivity index (χ0n) is 10.4. The van der Waals surface area contributed by atoms with Gasteiger partial charge in [-0.1, -0.05) is 23.2 Å². The minimum atomic E-state index is -0.0388. The van der Waals surface area contributed by atoms with Gasteiger partial charge in [-0.2, -0.15) is 0 Å². The summed E-state index contributed by atoms with van der Waals surface area (Å²) in [4.78, 5) is 7.49. The van der Waals surface area contributed by atoms with Crippen LogP contribution in [0.15, 0.2) is 33.5 Å². The molecule has 0 aliphatic carbocycles. The quantitative estimate of drug-likeness (QED) is 0.675. The summed E-state index contributed by atoms with van der Waals surface area (Å²) in [6, 6.07) is 3.18. The lowest BCUT2D eigenvalue weighted by Gasteiger charge is -2.04. The number of hydrogen-bond donors (Lipinski definition) is 2. The van der Waals surface area contributed by atoms with Crippen molar-refractivity contribution in [1.82, 2.24) is 9.97 Å². The Morgan fingerprint density at radius 1 is 1.05 bits per heavy atom. The molecule has 0 aromatic carbocycles. The predicted octanol–water partition coefficient (Wildman–Crippen LogP) is 4.07. The van der Waals surface area contributed by atoms with E-state index in [1.165, 1.54) is 12.3 Å². The van der Waals surface area contributed by atoms with E-state index < -0.39 is 0 Å². The monoisotopic (exact) mass is 458 g/mol. The Hall–Kier alpha value is -0.600. The molecule has 114 valence electrons. The summed E-state index contributed by atoms with van der Waals surface area (Å²) in [5.74, 6) is 0.464. The predicted molar refractivity (Wildman–Crippen MR) is 88.1 cm³/mol. The number of aromatic nitrogens is 2. The fraction of sp³-hybridized carbons (Fsp3) is 0.167. The van der Waals surface area contributed by atoms with Gasteiger partial charge in [0, 0.05) is 21.3 Å². The van der Waals surface area contributed by atoms with Crippen molar-refractivity contribution in [3.05, 3.63) is 43.8 Å². The molecule has 0 amide bonds. The molecule has 5 nitrogen and oxygen atoms in total. The summed E-state index contributed by atoms with van der Waals surface area (Å²) >= 11 is 17.4. The Balaban J connectivity index is 0.000000219. The van der Waals surface area contributed by atoms with Crippen molar-refractivity contribution in [3.63, 3.8) is 0 Å². The molecule has 21 heavy (non-hydrogen) atoms. The molecule has 2 heterocycles. The number of halogens is 4. The van der Waals surface area contributed by atoms with E-state index >= 15 is 0 Å². The summed E-state index contributed by atoms with van der Waals surface area (Å²) in [6.07, 6.45) is 3.09. The molecule has 0 aliphatic heterocycles. The highest BCUT2D eigenvalue weighted by Crippen LogP contribution is 2.25. The summed E-state index contributed by atoms with van der Waals surface area (Å²) in [5, 5.41) is 17.8. The summed E-state index contributed by atoms with van der Waals surface area (Å²) in [5.41, 5.74) is 0. The zero-order chi connectivity index (χ0) is 15.8. The Bertz CT molecular complexity index is 603. The SMILES string of the molecule is OCCOc1cc(Br)cnc1Cl.Oc1cc(Br)cnc1Cl. The summed E-state index contributed by atoms with van der Waals surface area (Å²) in [7, 11) is 0. The molecule has 0 unspecified atom stereocenters. The number of rotatable bonds is 3. The van der Waals surface area contributed by atoms with Crippen LogP contribution in [0.3, 0.4) is 0 Å². The van der Waals surface area contributed by atoms with Crippen molar-refractivity contribution in [2.75, 3.05) is 13.2 Å². The molecule has 2 aromatic rings. The molecular formula is C12H10Br2Cl2N2O3. The van der Waals surface area contributed by atoms with E-state index in [2.05, 4.69) is 41.8 Å². The van der Waals surface area contributed by atoms with Crippen molar-refractivity contribution in [3.8, 4) is 11.5 Å². The second kappa shape index (κ2) is 9.42. The van der Waals surface area contributed by atoms with E-state index in [-0.39, 0.29) is 24.1 Å². The van der Waals surface area contributed by atoms with Crippen LogP contribution in [0.2, 0.25) is 10.3 Å². The third kappa shape index (κ3) is 6.80. The third-order valence-electron chi connectivity index (χ3n) is 1.91. The molecule has 0 aliphatic rings. The van der Waals surface area contributed by atoms with Crippen molar-refractivity contribution in [2.24, 2.45) is 0 Å². The van der Waals surface area contributed by atoms with E-state index in [4.69, 9.17) is 38.2 Å². The lowest BCUT2D eigenvalue weighted by Crippen LogP contribution is -2.02. The number of aromatic hydroxyl groups is 1. The highest BCUT2D eigenvalue weighted by molar-refractivity contribution is 9.10. The average Bonchev–Trinajstić information content (AvgIpc) is 2.45. The number of aliphatic hydroxyl groups is 1. The lowest BCUT2D eigenvalue weighted by atomic mass is 10.5. The van der Waals surface area contributed by atoms with Gasteiger partial charge in [0.05, 0.1) is 6.61 Å². The maximum atomic E-state index is 8.88. The maximum absolute atomic E-state index is 8.88. The van der Waals surface area contributed by atoms with Crippen LogP contribution in [0.4, 0.5) is 0 Å². The molecule has 0 fully saturated rings. The minimum Gasteiger partial charge on any atom is -0.505 e. The van der Waals surface area contributed by atoms with Gasteiger partial charge >= 0.3 is 0 Å². The van der Waals surface area contributed by atoms with E-state index in [9.17, 15) is 0 Å². The molecular weight excluding hydrogens is 451 g/mol. The van der Waals surface area contributed by atoms with Gasteiger partial charge < -0.3 is 14.9 Å². The van der Waals surface area contributed by atoms with Crippen LogP contribution >= 0.6 is 55.1 Å². The largest absolute Gasteiger partial charge is 0.505 e. The van der Waals surface area contributed by atoms with Crippen molar-refractivity contribution >= 4 is 55.1 Å². The smallest absolute Gasteiger partial charge is 0.171 e. The highest BCUT2D eigenvalue weighted by atomic mass is 79.9. The van der Waals surface area contributed by atoms with Crippen LogP contribution in [0.1, 0.15) is 0 Å². The Morgan fingerprint density at radius 3 is 2.14 bits per heavy atom. The number of ether oxygens (including phenoxy) is 1. The van der Waals surface area contributed by atoms with Crippen molar-refractivity contribution < 1.29 is 14.9 Å². The molecule has 0 atom stereocenters. The number of aliphatic hydroxyl groups excluding tert-OH is 1.